The summed E-state index contributed by atoms with van der Waals surface area (Å²) < 4.78 is -0.233. The molecular weight excluding hydrogens is 666 g/mol. The van der Waals surface area contributed by atoms with Crippen LogP contribution in [0.4, 0.5) is 0 Å². The fraction of sp³-hybridized carbons (Fsp3) is 0.909. The van der Waals surface area contributed by atoms with Gasteiger partial charge < -0.3 is 25.3 Å². The lowest BCUT2D eigenvalue weighted by Gasteiger charge is -2.36. The van der Waals surface area contributed by atoms with Gasteiger partial charge in [-0.2, -0.15) is 0 Å². The highest BCUT2D eigenvalue weighted by Gasteiger charge is 2.33. The number of hydrogen-bond donors (Lipinski definition) is 4. The Balaban J connectivity index is 4.11. The molecule has 0 spiro atoms. The van der Waals surface area contributed by atoms with Crippen LogP contribution in [0.5, 0.6) is 0 Å². The highest BCUT2D eigenvalue weighted by atomic mass is 16.4. The summed E-state index contributed by atoms with van der Waals surface area (Å²) >= 11 is 0. The van der Waals surface area contributed by atoms with Gasteiger partial charge in [-0.15, -0.1) is 0 Å². The van der Waals surface area contributed by atoms with Crippen molar-refractivity contribution in [2.24, 2.45) is 0 Å². The first-order valence-electron chi connectivity index (χ1n) is 22.6. The minimum atomic E-state index is -1.10. The molecule has 0 radical (unpaired) electrons. The zero-order valence-corrected chi connectivity index (χ0v) is 34.8. The first-order chi connectivity index (χ1) is 25.7. The maximum absolute atomic E-state index is 12.5. The molecule has 312 valence electrons. The predicted octanol–water partition coefficient (Wildman–Crippen LogP) is 10.7. The molecule has 0 fully saturated rings. The van der Waals surface area contributed by atoms with Crippen LogP contribution in [0.2, 0.25) is 0 Å². The van der Waals surface area contributed by atoms with Gasteiger partial charge in [-0.3, -0.25) is 9.59 Å². The first kappa shape index (κ1) is 50.8. The Morgan fingerprint density at radius 2 is 0.604 bits per heavy atom. The van der Waals surface area contributed by atoms with Gasteiger partial charge in [0.25, 0.3) is 0 Å². The second kappa shape index (κ2) is 38.1. The molecule has 0 aliphatic heterocycles. The standard InChI is InChI=1S/C44H85N3O6/c1-3-5-7-9-11-13-15-17-19-21-23-25-27-29-31-33-41(48)45-35-37-47(39-43(50)51,40-44(52)53)38-36-46-42(49)34-32-30-28-26-24-22-20-18-16-14-12-10-8-6-4-2/h3-40H2,1-2H3,(H3-,45,46,48,49,50,51,52,53)/p+1. The van der Waals surface area contributed by atoms with Gasteiger partial charge in [0.15, 0.2) is 13.1 Å². The number of quaternary nitrogens is 1. The van der Waals surface area contributed by atoms with Gasteiger partial charge in [-0.1, -0.05) is 194 Å². The molecule has 4 N–H and O–H groups in total. The molecule has 0 aromatic carbocycles. The highest BCUT2D eigenvalue weighted by Crippen LogP contribution is 2.15. The van der Waals surface area contributed by atoms with E-state index in [0.717, 1.165) is 38.5 Å². The normalized spacial score (nSPS) is 11.5. The van der Waals surface area contributed by atoms with Crippen LogP contribution < -0.4 is 10.6 Å². The molecule has 0 unspecified atom stereocenters. The molecule has 0 bridgehead atoms. The monoisotopic (exact) mass is 753 g/mol. The first-order valence-corrected chi connectivity index (χ1v) is 22.6. The van der Waals surface area contributed by atoms with E-state index in [1.54, 1.807) is 0 Å². The third-order valence-corrected chi connectivity index (χ3v) is 10.8. The fourth-order valence-corrected chi connectivity index (χ4v) is 7.41. The van der Waals surface area contributed by atoms with Crippen LogP contribution in [0.25, 0.3) is 0 Å². The van der Waals surface area contributed by atoms with E-state index in [9.17, 15) is 29.4 Å². The molecule has 53 heavy (non-hydrogen) atoms. The van der Waals surface area contributed by atoms with Gasteiger partial charge in [0.2, 0.25) is 11.8 Å². The zero-order valence-electron chi connectivity index (χ0n) is 34.8. The van der Waals surface area contributed by atoms with Gasteiger partial charge in [0.05, 0.1) is 26.2 Å². The van der Waals surface area contributed by atoms with Crippen molar-refractivity contribution in [2.75, 3.05) is 39.3 Å². The number of amides is 2. The lowest BCUT2D eigenvalue weighted by molar-refractivity contribution is -0.912. The summed E-state index contributed by atoms with van der Waals surface area (Å²) in [5.74, 6) is -2.36. The molecule has 0 saturated heterocycles. The topological polar surface area (TPSA) is 133 Å². The Labute approximate surface area is 326 Å². The van der Waals surface area contributed by atoms with E-state index in [-0.39, 0.29) is 55.6 Å². The number of carbonyl (C=O) groups excluding carboxylic acids is 2. The minimum absolute atomic E-state index is 0.0831. The van der Waals surface area contributed by atoms with E-state index in [1.165, 1.54) is 154 Å². The van der Waals surface area contributed by atoms with Crippen LogP contribution in [0, 0.1) is 0 Å². The third kappa shape index (κ3) is 36.6. The maximum atomic E-state index is 12.5. The second-order valence-electron chi connectivity index (χ2n) is 16.0. The number of nitrogens with one attached hydrogen (secondary N) is 2. The largest absolute Gasteiger partial charge is 0.477 e. The Kier molecular flexibility index (Phi) is 36.6. The summed E-state index contributed by atoms with van der Waals surface area (Å²) in [4.78, 5) is 48.5. The van der Waals surface area contributed by atoms with Crippen molar-refractivity contribution in [2.45, 2.75) is 219 Å². The lowest BCUT2D eigenvalue weighted by atomic mass is 10.0. The van der Waals surface area contributed by atoms with Crippen LogP contribution in [0.3, 0.4) is 0 Å². The zero-order chi connectivity index (χ0) is 39.1. The molecule has 0 aromatic rings. The average molecular weight is 753 g/mol. The van der Waals surface area contributed by atoms with E-state index < -0.39 is 11.9 Å². The Morgan fingerprint density at radius 3 is 0.830 bits per heavy atom. The summed E-state index contributed by atoms with van der Waals surface area (Å²) in [7, 11) is 0. The molecular formula is C44H86N3O6+. The molecule has 0 saturated carbocycles. The van der Waals surface area contributed by atoms with Gasteiger partial charge in [-0.25, -0.2) is 9.59 Å². The number of nitrogens with zero attached hydrogens (tertiary/aromatic N) is 1. The molecule has 0 atom stereocenters. The van der Waals surface area contributed by atoms with Crippen molar-refractivity contribution in [3.63, 3.8) is 0 Å². The number of aliphatic carboxylic acids is 2. The summed E-state index contributed by atoms with van der Waals surface area (Å²) in [5, 5.41) is 25.0. The molecule has 9 nitrogen and oxygen atoms in total. The van der Waals surface area contributed by atoms with Crippen molar-refractivity contribution in [1.29, 1.82) is 0 Å². The summed E-state index contributed by atoms with van der Waals surface area (Å²) in [6.45, 7) is 4.52. The minimum Gasteiger partial charge on any atom is -0.477 e. The summed E-state index contributed by atoms with van der Waals surface area (Å²) in [6, 6.07) is 0. The lowest BCUT2D eigenvalue weighted by Crippen LogP contribution is -2.59. The SMILES string of the molecule is CCCCCCCCCCCCCCCCCC(=O)NCC[N+](CCNC(=O)CCCCCCCCCCCCCCCCC)(CC(=O)O)CC(=O)O. The molecule has 0 aliphatic carbocycles. The number of rotatable bonds is 42. The van der Waals surface area contributed by atoms with Gasteiger partial charge >= 0.3 is 11.9 Å². The molecule has 2 amide bonds. The molecule has 0 aromatic heterocycles. The number of carbonyl (C=O) groups is 4. The van der Waals surface area contributed by atoms with E-state index in [0.29, 0.717) is 12.8 Å². The number of unbranched alkanes of at least 4 members (excludes halogenated alkanes) is 28. The van der Waals surface area contributed by atoms with E-state index in [1.807, 2.05) is 0 Å². The Bertz CT molecular complexity index is 813. The van der Waals surface area contributed by atoms with E-state index in [2.05, 4.69) is 24.5 Å². The molecule has 0 heterocycles. The van der Waals surface area contributed by atoms with Crippen LogP contribution in [-0.2, 0) is 19.2 Å². The maximum Gasteiger partial charge on any atom is 0.359 e. The van der Waals surface area contributed by atoms with Crippen molar-refractivity contribution in [3.05, 3.63) is 0 Å². The smallest absolute Gasteiger partial charge is 0.359 e. The van der Waals surface area contributed by atoms with Gasteiger partial charge in [-0.05, 0) is 12.8 Å². The Hall–Kier alpha value is -2.16. The third-order valence-electron chi connectivity index (χ3n) is 10.8. The molecule has 9 heteroatoms. The molecule has 0 aliphatic rings. The molecule has 0 rings (SSSR count). The van der Waals surface area contributed by atoms with Crippen molar-refractivity contribution in [1.82, 2.24) is 10.6 Å². The van der Waals surface area contributed by atoms with Crippen molar-refractivity contribution < 1.29 is 33.9 Å². The highest BCUT2D eigenvalue weighted by molar-refractivity contribution is 5.76. The fourth-order valence-electron chi connectivity index (χ4n) is 7.41. The Morgan fingerprint density at radius 1 is 0.377 bits per heavy atom. The predicted molar refractivity (Wildman–Crippen MR) is 220 cm³/mol. The average Bonchev–Trinajstić information content (AvgIpc) is 3.11. The number of carboxylic acids is 2. The van der Waals surface area contributed by atoms with E-state index >= 15 is 0 Å². The number of hydrogen-bond acceptors (Lipinski definition) is 4. The van der Waals surface area contributed by atoms with Gasteiger partial charge in [0.1, 0.15) is 0 Å². The van der Waals surface area contributed by atoms with Crippen LogP contribution in [-0.4, -0.2) is 77.7 Å². The summed E-state index contributed by atoms with van der Waals surface area (Å²) in [5.41, 5.74) is 0. The van der Waals surface area contributed by atoms with Crippen LogP contribution in [0.15, 0.2) is 0 Å². The summed E-state index contributed by atoms with van der Waals surface area (Å²) in [6.07, 6.45) is 38.8. The second-order valence-corrected chi connectivity index (χ2v) is 16.0. The van der Waals surface area contributed by atoms with Crippen molar-refractivity contribution >= 4 is 23.8 Å². The van der Waals surface area contributed by atoms with E-state index in [4.69, 9.17) is 0 Å². The van der Waals surface area contributed by atoms with Crippen LogP contribution >= 0.6 is 0 Å². The van der Waals surface area contributed by atoms with Crippen molar-refractivity contribution in [3.8, 4) is 0 Å². The van der Waals surface area contributed by atoms with Gasteiger partial charge in [0, 0.05) is 12.8 Å². The quantitative estimate of drug-likeness (QED) is 0.0362. The number of carboxylic acid groups (broad SMARTS) is 2. The van der Waals surface area contributed by atoms with Crippen LogP contribution in [0.1, 0.15) is 219 Å².